The summed E-state index contributed by atoms with van der Waals surface area (Å²) >= 11 is 6.76. The Bertz CT molecular complexity index is 881. The molecule has 28 heavy (non-hydrogen) atoms. The second kappa shape index (κ2) is 9.75. The minimum absolute atomic E-state index is 0.0666. The third-order valence-electron chi connectivity index (χ3n) is 4.08. The van der Waals surface area contributed by atoms with Crippen molar-refractivity contribution in [2.24, 2.45) is 0 Å². The van der Waals surface area contributed by atoms with E-state index in [0.717, 1.165) is 23.3 Å². The fourth-order valence-electron chi connectivity index (χ4n) is 2.77. The molecule has 2 aromatic carbocycles. The first kappa shape index (κ1) is 20.4. The summed E-state index contributed by atoms with van der Waals surface area (Å²) < 4.78 is 12.0. The van der Waals surface area contributed by atoms with E-state index in [4.69, 9.17) is 21.7 Å². The van der Waals surface area contributed by atoms with Gasteiger partial charge in [0, 0.05) is 0 Å². The molecule has 1 saturated heterocycles. The minimum atomic E-state index is -0.0666. The molecule has 0 N–H and O–H groups in total. The topological polar surface area (TPSA) is 38.8 Å². The van der Waals surface area contributed by atoms with Gasteiger partial charge in [-0.2, -0.15) is 0 Å². The van der Waals surface area contributed by atoms with E-state index in [-0.39, 0.29) is 5.91 Å². The van der Waals surface area contributed by atoms with Crippen LogP contribution in [-0.4, -0.2) is 28.3 Å². The SMILES string of the molecule is CCCOc1ccc(/C=C2\SC(=S)N(Cc3ccccc3)C2=O)cc1OCC. The molecule has 146 valence electrons. The van der Waals surface area contributed by atoms with Crippen LogP contribution in [0.3, 0.4) is 0 Å². The summed E-state index contributed by atoms with van der Waals surface area (Å²) in [7, 11) is 0. The van der Waals surface area contributed by atoms with Gasteiger partial charge in [-0.1, -0.05) is 67.3 Å². The van der Waals surface area contributed by atoms with Gasteiger partial charge in [0.15, 0.2) is 11.5 Å². The molecule has 0 radical (unpaired) electrons. The fourth-order valence-corrected chi connectivity index (χ4v) is 4.02. The summed E-state index contributed by atoms with van der Waals surface area (Å²) in [4.78, 5) is 15.1. The Morgan fingerprint density at radius 3 is 2.57 bits per heavy atom. The molecule has 0 saturated carbocycles. The molecule has 1 amide bonds. The molecule has 0 aliphatic carbocycles. The van der Waals surface area contributed by atoms with Gasteiger partial charge in [-0.15, -0.1) is 0 Å². The lowest BCUT2D eigenvalue weighted by atomic mass is 10.1. The molecule has 2 aromatic rings. The van der Waals surface area contributed by atoms with Gasteiger partial charge in [-0.3, -0.25) is 9.69 Å². The molecule has 0 unspecified atom stereocenters. The highest BCUT2D eigenvalue weighted by Crippen LogP contribution is 2.35. The van der Waals surface area contributed by atoms with Gasteiger partial charge in [-0.25, -0.2) is 0 Å². The van der Waals surface area contributed by atoms with Crippen LogP contribution in [0.1, 0.15) is 31.4 Å². The van der Waals surface area contributed by atoms with E-state index >= 15 is 0 Å². The van der Waals surface area contributed by atoms with E-state index in [2.05, 4.69) is 6.92 Å². The number of amides is 1. The van der Waals surface area contributed by atoms with Gasteiger partial charge in [0.05, 0.1) is 24.7 Å². The number of rotatable bonds is 8. The maximum absolute atomic E-state index is 12.8. The van der Waals surface area contributed by atoms with Crippen molar-refractivity contribution >= 4 is 40.3 Å². The quantitative estimate of drug-likeness (QED) is 0.435. The van der Waals surface area contributed by atoms with Crippen LogP contribution < -0.4 is 9.47 Å². The Labute approximate surface area is 175 Å². The van der Waals surface area contributed by atoms with Crippen LogP contribution in [0, 0.1) is 0 Å². The van der Waals surface area contributed by atoms with Crippen LogP contribution >= 0.6 is 24.0 Å². The Balaban J connectivity index is 1.80. The van der Waals surface area contributed by atoms with Crippen LogP contribution in [-0.2, 0) is 11.3 Å². The number of hydrogen-bond acceptors (Lipinski definition) is 5. The molecule has 1 aliphatic rings. The zero-order valence-electron chi connectivity index (χ0n) is 16.0. The minimum Gasteiger partial charge on any atom is -0.490 e. The molecule has 1 aliphatic heterocycles. The van der Waals surface area contributed by atoms with Crippen molar-refractivity contribution in [1.29, 1.82) is 0 Å². The van der Waals surface area contributed by atoms with Crippen molar-refractivity contribution in [2.75, 3.05) is 13.2 Å². The Hall–Kier alpha value is -2.31. The number of carbonyl (C=O) groups is 1. The van der Waals surface area contributed by atoms with Crippen molar-refractivity contribution in [3.05, 3.63) is 64.6 Å². The smallest absolute Gasteiger partial charge is 0.266 e. The molecule has 1 fully saturated rings. The maximum atomic E-state index is 12.8. The van der Waals surface area contributed by atoms with Crippen LogP contribution in [0.15, 0.2) is 53.4 Å². The number of thiocarbonyl (C=S) groups is 1. The average molecular weight is 414 g/mol. The van der Waals surface area contributed by atoms with E-state index < -0.39 is 0 Å². The molecular formula is C22H23NO3S2. The fraction of sp³-hybridized carbons (Fsp3) is 0.273. The van der Waals surface area contributed by atoms with Crippen LogP contribution in [0.4, 0.5) is 0 Å². The van der Waals surface area contributed by atoms with E-state index in [1.54, 1.807) is 4.90 Å². The summed E-state index contributed by atoms with van der Waals surface area (Å²) in [5, 5.41) is 0. The number of benzene rings is 2. The number of thioether (sulfide) groups is 1. The van der Waals surface area contributed by atoms with Gasteiger partial charge in [-0.05, 0) is 42.7 Å². The predicted octanol–water partition coefficient (Wildman–Crippen LogP) is 5.28. The summed E-state index contributed by atoms with van der Waals surface area (Å²) in [5.74, 6) is 1.34. The summed E-state index contributed by atoms with van der Waals surface area (Å²) in [5.41, 5.74) is 1.93. The van der Waals surface area contributed by atoms with E-state index in [1.807, 2.05) is 61.5 Å². The highest BCUT2D eigenvalue weighted by molar-refractivity contribution is 8.26. The lowest BCUT2D eigenvalue weighted by molar-refractivity contribution is -0.122. The number of ether oxygens (including phenoxy) is 2. The largest absolute Gasteiger partial charge is 0.490 e. The Kier molecular flexibility index (Phi) is 7.12. The first-order chi connectivity index (χ1) is 13.6. The number of carbonyl (C=O) groups excluding carboxylic acids is 1. The molecule has 0 aromatic heterocycles. The van der Waals surface area contributed by atoms with Gasteiger partial charge in [0.2, 0.25) is 0 Å². The summed E-state index contributed by atoms with van der Waals surface area (Å²) in [6.45, 7) is 5.66. The zero-order valence-corrected chi connectivity index (χ0v) is 17.6. The normalized spacial score (nSPS) is 15.4. The first-order valence-electron chi connectivity index (χ1n) is 9.31. The first-order valence-corrected chi connectivity index (χ1v) is 10.5. The maximum Gasteiger partial charge on any atom is 0.266 e. The van der Waals surface area contributed by atoms with Crippen molar-refractivity contribution in [2.45, 2.75) is 26.8 Å². The van der Waals surface area contributed by atoms with Crippen LogP contribution in [0.5, 0.6) is 11.5 Å². The summed E-state index contributed by atoms with van der Waals surface area (Å²) in [6.07, 6.45) is 2.79. The third kappa shape index (κ3) is 4.94. The molecule has 1 heterocycles. The van der Waals surface area contributed by atoms with Gasteiger partial charge in [0.25, 0.3) is 5.91 Å². The van der Waals surface area contributed by atoms with Gasteiger partial charge >= 0.3 is 0 Å². The van der Waals surface area contributed by atoms with E-state index in [1.165, 1.54) is 11.8 Å². The Morgan fingerprint density at radius 1 is 1.07 bits per heavy atom. The van der Waals surface area contributed by atoms with Gasteiger partial charge < -0.3 is 9.47 Å². The molecule has 0 bridgehead atoms. The second-order valence-corrected chi connectivity index (χ2v) is 7.92. The lowest BCUT2D eigenvalue weighted by Gasteiger charge is -2.14. The third-order valence-corrected chi connectivity index (χ3v) is 5.46. The molecule has 0 atom stereocenters. The Morgan fingerprint density at radius 2 is 1.86 bits per heavy atom. The number of nitrogens with zero attached hydrogens (tertiary/aromatic N) is 1. The van der Waals surface area contributed by atoms with Gasteiger partial charge in [0.1, 0.15) is 4.32 Å². The molecule has 6 heteroatoms. The van der Waals surface area contributed by atoms with E-state index in [9.17, 15) is 4.79 Å². The van der Waals surface area contributed by atoms with Crippen molar-refractivity contribution in [1.82, 2.24) is 4.90 Å². The second-order valence-electron chi connectivity index (χ2n) is 6.24. The van der Waals surface area contributed by atoms with E-state index in [0.29, 0.717) is 34.7 Å². The lowest BCUT2D eigenvalue weighted by Crippen LogP contribution is -2.27. The highest BCUT2D eigenvalue weighted by Gasteiger charge is 2.32. The number of hydrogen-bond donors (Lipinski definition) is 0. The molecule has 3 rings (SSSR count). The molecule has 4 nitrogen and oxygen atoms in total. The summed E-state index contributed by atoms with van der Waals surface area (Å²) in [6, 6.07) is 15.6. The monoisotopic (exact) mass is 413 g/mol. The zero-order chi connectivity index (χ0) is 19.9. The molecule has 0 spiro atoms. The van der Waals surface area contributed by atoms with Crippen LogP contribution in [0.2, 0.25) is 0 Å². The molecular weight excluding hydrogens is 390 g/mol. The highest BCUT2D eigenvalue weighted by atomic mass is 32.2. The van der Waals surface area contributed by atoms with Crippen LogP contribution in [0.25, 0.3) is 6.08 Å². The van der Waals surface area contributed by atoms with Crippen molar-refractivity contribution in [3.8, 4) is 11.5 Å². The average Bonchev–Trinajstić information content (AvgIpc) is 2.96. The predicted molar refractivity (Wildman–Crippen MR) is 119 cm³/mol. The van der Waals surface area contributed by atoms with Crippen molar-refractivity contribution in [3.63, 3.8) is 0 Å². The van der Waals surface area contributed by atoms with Crippen molar-refractivity contribution < 1.29 is 14.3 Å². The standard InChI is InChI=1S/C22H23NO3S2/c1-3-12-26-18-11-10-17(13-19(18)25-4-2)14-20-21(24)23(22(27)28-20)15-16-8-6-5-7-9-16/h5-11,13-14H,3-4,12,15H2,1-2H3/b20-14-.